The minimum Gasteiger partial charge on any atom is -0.394 e. The Kier molecular flexibility index (Phi) is 3.40. The van der Waals surface area contributed by atoms with E-state index in [0.29, 0.717) is 5.92 Å². The van der Waals surface area contributed by atoms with E-state index in [1.54, 1.807) is 0 Å². The van der Waals surface area contributed by atoms with Gasteiger partial charge in [0.1, 0.15) is 5.82 Å². The molecular formula is C12H21N3O2. The van der Waals surface area contributed by atoms with Crippen LogP contribution < -0.4 is 4.90 Å². The van der Waals surface area contributed by atoms with Gasteiger partial charge in [0.25, 0.3) is 0 Å². The van der Waals surface area contributed by atoms with Crippen molar-refractivity contribution in [3.63, 3.8) is 0 Å². The average molecular weight is 239 g/mol. The third-order valence-electron chi connectivity index (χ3n) is 3.81. The second-order valence-corrected chi connectivity index (χ2v) is 4.88. The van der Waals surface area contributed by atoms with Crippen molar-refractivity contribution in [3.05, 3.63) is 11.3 Å². The summed E-state index contributed by atoms with van der Waals surface area (Å²) in [6.45, 7) is 5.12. The fraction of sp³-hybridized carbons (Fsp3) is 0.750. The van der Waals surface area contributed by atoms with Gasteiger partial charge in [0.2, 0.25) is 0 Å². The summed E-state index contributed by atoms with van der Waals surface area (Å²) in [4.78, 5) is 2.18. The molecule has 2 rings (SSSR count). The molecule has 1 aliphatic heterocycles. The van der Waals surface area contributed by atoms with E-state index in [9.17, 15) is 10.2 Å². The summed E-state index contributed by atoms with van der Waals surface area (Å²) in [7, 11) is 1.89. The maximum atomic E-state index is 9.50. The highest BCUT2D eigenvalue weighted by Crippen LogP contribution is 2.32. The van der Waals surface area contributed by atoms with E-state index in [0.717, 1.165) is 30.0 Å². The highest BCUT2D eigenvalue weighted by molar-refractivity contribution is 5.51. The first-order valence-corrected chi connectivity index (χ1v) is 6.11. The van der Waals surface area contributed by atoms with E-state index in [4.69, 9.17) is 0 Å². The Morgan fingerprint density at radius 1 is 1.41 bits per heavy atom. The Balaban J connectivity index is 2.40. The Hall–Kier alpha value is -1.07. The number of aliphatic hydroxyl groups excluding tert-OH is 2. The first-order chi connectivity index (χ1) is 8.10. The molecule has 17 heavy (non-hydrogen) atoms. The summed E-state index contributed by atoms with van der Waals surface area (Å²) in [5, 5.41) is 23.3. The maximum Gasteiger partial charge on any atom is 0.132 e. The molecule has 2 N–H and O–H groups in total. The zero-order valence-electron chi connectivity index (χ0n) is 10.7. The molecule has 2 heterocycles. The van der Waals surface area contributed by atoms with Crippen molar-refractivity contribution in [2.24, 2.45) is 13.0 Å². The van der Waals surface area contributed by atoms with Crippen LogP contribution in [0.3, 0.4) is 0 Å². The molecule has 5 heteroatoms. The summed E-state index contributed by atoms with van der Waals surface area (Å²) < 4.78 is 1.81. The highest BCUT2D eigenvalue weighted by atomic mass is 16.3. The monoisotopic (exact) mass is 239 g/mol. The zero-order chi connectivity index (χ0) is 12.6. The molecular weight excluding hydrogens is 218 g/mol. The van der Waals surface area contributed by atoms with Gasteiger partial charge < -0.3 is 15.1 Å². The first-order valence-electron chi connectivity index (χ1n) is 6.11. The van der Waals surface area contributed by atoms with E-state index in [2.05, 4.69) is 16.9 Å². The van der Waals surface area contributed by atoms with Crippen LogP contribution in [0.15, 0.2) is 0 Å². The molecule has 0 saturated carbocycles. The number of hydrogen-bond acceptors (Lipinski definition) is 4. The van der Waals surface area contributed by atoms with Crippen LogP contribution in [0.1, 0.15) is 24.6 Å². The van der Waals surface area contributed by atoms with Crippen molar-refractivity contribution in [1.29, 1.82) is 0 Å². The van der Waals surface area contributed by atoms with Gasteiger partial charge in [-0.2, -0.15) is 5.10 Å². The lowest BCUT2D eigenvalue weighted by Gasteiger charge is -2.28. The Morgan fingerprint density at radius 3 is 2.71 bits per heavy atom. The van der Waals surface area contributed by atoms with Gasteiger partial charge in [-0.3, -0.25) is 4.68 Å². The van der Waals surface area contributed by atoms with E-state index < -0.39 is 0 Å². The van der Waals surface area contributed by atoms with E-state index in [1.165, 1.54) is 0 Å². The number of aryl methyl sites for hydroxylation is 2. The molecule has 1 fully saturated rings. The molecule has 1 aliphatic rings. The lowest BCUT2D eigenvalue weighted by Crippen LogP contribution is -2.37. The number of aromatic nitrogens is 2. The van der Waals surface area contributed by atoms with E-state index in [1.807, 2.05) is 18.7 Å². The summed E-state index contributed by atoms with van der Waals surface area (Å²) in [5.41, 5.74) is 1.74. The molecule has 1 aromatic heterocycles. The maximum absolute atomic E-state index is 9.50. The molecule has 0 aromatic carbocycles. The molecule has 2 unspecified atom stereocenters. The van der Waals surface area contributed by atoms with E-state index >= 15 is 0 Å². The molecule has 5 nitrogen and oxygen atoms in total. The Labute approximate surface area is 102 Å². The fourth-order valence-electron chi connectivity index (χ4n) is 2.78. The van der Waals surface area contributed by atoms with Crippen molar-refractivity contribution in [2.45, 2.75) is 32.9 Å². The molecule has 1 saturated heterocycles. The molecule has 0 bridgehead atoms. The molecule has 0 aliphatic carbocycles. The number of rotatable bonds is 3. The predicted octanol–water partition coefficient (Wildman–Crippen LogP) is 0.428. The number of hydrogen-bond donors (Lipinski definition) is 2. The number of anilines is 1. The molecule has 2 atom stereocenters. The van der Waals surface area contributed by atoms with Gasteiger partial charge in [0.15, 0.2) is 0 Å². The second kappa shape index (κ2) is 4.66. The summed E-state index contributed by atoms with van der Waals surface area (Å²) in [5.74, 6) is 1.43. The zero-order valence-corrected chi connectivity index (χ0v) is 10.7. The fourth-order valence-corrected chi connectivity index (χ4v) is 2.78. The van der Waals surface area contributed by atoms with Gasteiger partial charge in [-0.05, 0) is 19.3 Å². The van der Waals surface area contributed by atoms with Crippen LogP contribution in [0.25, 0.3) is 0 Å². The van der Waals surface area contributed by atoms with Gasteiger partial charge in [-0.15, -0.1) is 0 Å². The van der Waals surface area contributed by atoms with Crippen molar-refractivity contribution in [1.82, 2.24) is 9.78 Å². The Morgan fingerprint density at radius 2 is 2.12 bits per heavy atom. The molecule has 96 valence electrons. The molecule has 0 amide bonds. The third-order valence-corrected chi connectivity index (χ3v) is 3.81. The number of nitrogens with zero attached hydrogens (tertiary/aromatic N) is 3. The topological polar surface area (TPSA) is 61.5 Å². The largest absolute Gasteiger partial charge is 0.394 e. The van der Waals surface area contributed by atoms with Gasteiger partial charge in [0.05, 0.1) is 24.9 Å². The lowest BCUT2D eigenvalue weighted by molar-refractivity contribution is 0.243. The van der Waals surface area contributed by atoms with Gasteiger partial charge >= 0.3 is 0 Å². The van der Waals surface area contributed by atoms with Gasteiger partial charge in [-0.1, -0.05) is 6.92 Å². The minimum atomic E-state index is -0.00195. The highest BCUT2D eigenvalue weighted by Gasteiger charge is 2.34. The van der Waals surface area contributed by atoms with Crippen LogP contribution in [0.4, 0.5) is 5.82 Å². The normalized spacial score (nSPS) is 24.6. The minimum absolute atomic E-state index is 0.00195. The summed E-state index contributed by atoms with van der Waals surface area (Å²) in [6.07, 6.45) is 1.07. The number of aliphatic hydroxyl groups is 2. The standard InChI is InChI=1S/C12H21N3O2/c1-8-4-5-15(11(8)7-17)12-10(6-16)9(2)13-14(12)3/h8,11,16-17H,4-7H2,1-3H3. The Bertz CT molecular complexity index is 403. The van der Waals surface area contributed by atoms with Crippen molar-refractivity contribution < 1.29 is 10.2 Å². The average Bonchev–Trinajstić information content (AvgIpc) is 2.78. The third kappa shape index (κ3) is 1.93. The van der Waals surface area contributed by atoms with Gasteiger partial charge in [0, 0.05) is 19.2 Å². The van der Waals surface area contributed by atoms with Crippen LogP contribution in [0.5, 0.6) is 0 Å². The van der Waals surface area contributed by atoms with Crippen molar-refractivity contribution in [2.75, 3.05) is 18.1 Å². The van der Waals surface area contributed by atoms with Crippen LogP contribution >= 0.6 is 0 Å². The predicted molar refractivity (Wildman–Crippen MR) is 65.9 cm³/mol. The van der Waals surface area contributed by atoms with Crippen LogP contribution in [0.2, 0.25) is 0 Å². The quantitative estimate of drug-likeness (QED) is 0.803. The lowest BCUT2D eigenvalue weighted by atomic mass is 10.0. The molecule has 1 aromatic rings. The van der Waals surface area contributed by atoms with Crippen LogP contribution in [-0.2, 0) is 13.7 Å². The smallest absolute Gasteiger partial charge is 0.132 e. The van der Waals surface area contributed by atoms with Crippen molar-refractivity contribution in [3.8, 4) is 0 Å². The summed E-state index contributed by atoms with van der Waals surface area (Å²) in [6, 6.07) is 0.134. The van der Waals surface area contributed by atoms with Crippen LogP contribution in [0, 0.1) is 12.8 Å². The molecule has 0 spiro atoms. The second-order valence-electron chi connectivity index (χ2n) is 4.88. The van der Waals surface area contributed by atoms with Crippen molar-refractivity contribution >= 4 is 5.82 Å². The molecule has 0 radical (unpaired) electrons. The van der Waals surface area contributed by atoms with Gasteiger partial charge in [-0.25, -0.2) is 0 Å². The first kappa shape index (κ1) is 12.4. The van der Waals surface area contributed by atoms with Crippen LogP contribution in [-0.4, -0.2) is 39.2 Å². The summed E-state index contributed by atoms with van der Waals surface area (Å²) >= 11 is 0. The SMILES string of the molecule is Cc1nn(C)c(N2CCC(C)C2CO)c1CO. The van der Waals surface area contributed by atoms with E-state index in [-0.39, 0.29) is 19.3 Å².